The number of carbonyl (C=O) groups excluding carboxylic acids is 3. The second kappa shape index (κ2) is 13.8. The zero-order valence-electron chi connectivity index (χ0n) is 23.8. The molecular weight excluding hydrogens is 552 g/mol. The molecule has 0 saturated heterocycles. The van der Waals surface area contributed by atoms with E-state index >= 15 is 0 Å². The van der Waals surface area contributed by atoms with Gasteiger partial charge in [-0.15, -0.1) is 0 Å². The third-order valence-corrected chi connectivity index (χ3v) is 7.02. The molecular formula is C31H34N6O6. The van der Waals surface area contributed by atoms with Crippen LogP contribution in [0.3, 0.4) is 0 Å². The Bertz CT molecular complexity index is 1550. The quantitative estimate of drug-likeness (QED) is 0.331. The third-order valence-electron chi connectivity index (χ3n) is 7.02. The Morgan fingerprint density at radius 3 is 2.67 bits per heavy atom. The molecule has 0 spiro atoms. The minimum Gasteiger partial charge on any atom is -0.494 e. The average molecular weight is 587 g/mol. The van der Waals surface area contributed by atoms with Crippen LogP contribution >= 0.6 is 0 Å². The number of nitrogens with zero attached hydrogens (tertiary/aromatic N) is 4. The molecule has 2 bridgehead atoms. The summed E-state index contributed by atoms with van der Waals surface area (Å²) in [7, 11) is 0. The molecule has 43 heavy (non-hydrogen) atoms. The van der Waals surface area contributed by atoms with Gasteiger partial charge in [0.05, 0.1) is 19.3 Å². The molecule has 2 atom stereocenters. The van der Waals surface area contributed by atoms with Gasteiger partial charge in [0.15, 0.2) is 0 Å². The number of benzene rings is 2. The molecule has 4 aromatic rings. The number of imidazole rings is 1. The number of aromatic nitrogens is 3. The number of ether oxygens (including phenoxy) is 1. The number of carbonyl (C=O) groups is 3. The second-order valence-corrected chi connectivity index (χ2v) is 10.3. The first-order valence-electron chi connectivity index (χ1n) is 14.2. The van der Waals surface area contributed by atoms with Crippen molar-refractivity contribution in [3.8, 4) is 28.4 Å². The van der Waals surface area contributed by atoms with Gasteiger partial charge in [-0.2, -0.15) is 0 Å². The number of aliphatic hydroxyl groups excluding tert-OH is 1. The Kier molecular flexibility index (Phi) is 9.47. The van der Waals surface area contributed by atoms with Crippen LogP contribution in [0.15, 0.2) is 77.6 Å². The molecule has 5 rings (SSSR count). The van der Waals surface area contributed by atoms with Crippen molar-refractivity contribution in [3.63, 3.8) is 0 Å². The number of rotatable bonds is 3. The molecule has 0 unspecified atom stereocenters. The van der Waals surface area contributed by atoms with Gasteiger partial charge in [0.25, 0.3) is 5.91 Å². The minimum atomic E-state index is -1.20. The first-order valence-corrected chi connectivity index (χ1v) is 14.2. The maximum Gasteiger partial charge on any atom is 0.292 e. The maximum atomic E-state index is 13.5. The predicted octanol–water partition coefficient (Wildman–Crippen LogP) is 2.50. The van der Waals surface area contributed by atoms with E-state index in [9.17, 15) is 19.5 Å². The van der Waals surface area contributed by atoms with Crippen LogP contribution in [-0.2, 0) is 16.1 Å². The SMILES string of the molecule is C[C@@H](O)[C@@H]1NC(=O)CN(C(=O)c2cc(-c3ccccc3)no2)CCCOc2cccc(c2)-c2nccn2CCCNC1=O. The standard InChI is InChI=1S/C31H34N6O6/c1-21(38)28-30(40)33-12-6-14-36-16-13-32-29(36)23-10-5-11-24(18-23)42-17-7-15-37(20-27(39)34-28)31(41)26-19-25(35-43-26)22-8-3-2-4-9-22/h2-5,8-11,13,16,18-19,21,28,38H,6-7,12,14-15,17,20H2,1H3,(H,33,40)(H,34,39)/t21-,28+/m1/s1. The van der Waals surface area contributed by atoms with Crippen molar-refractivity contribution in [2.75, 3.05) is 26.2 Å². The van der Waals surface area contributed by atoms with E-state index in [-0.39, 0.29) is 25.5 Å². The van der Waals surface area contributed by atoms with Gasteiger partial charge in [0.1, 0.15) is 23.3 Å². The summed E-state index contributed by atoms with van der Waals surface area (Å²) < 4.78 is 13.3. The molecule has 0 aliphatic carbocycles. The monoisotopic (exact) mass is 586 g/mol. The molecule has 3 amide bonds. The van der Waals surface area contributed by atoms with Gasteiger partial charge in [-0.3, -0.25) is 14.4 Å². The van der Waals surface area contributed by atoms with E-state index in [1.54, 1.807) is 6.20 Å². The highest BCUT2D eigenvalue weighted by atomic mass is 16.5. The van der Waals surface area contributed by atoms with Crippen LogP contribution < -0.4 is 15.4 Å². The number of aliphatic hydroxyl groups is 1. The smallest absolute Gasteiger partial charge is 0.292 e. The van der Waals surface area contributed by atoms with E-state index in [1.165, 1.54) is 17.9 Å². The summed E-state index contributed by atoms with van der Waals surface area (Å²) in [6.07, 6.45) is 3.42. The van der Waals surface area contributed by atoms with Crippen LogP contribution in [-0.4, -0.2) is 80.8 Å². The summed E-state index contributed by atoms with van der Waals surface area (Å²) in [5, 5.41) is 19.7. The van der Waals surface area contributed by atoms with Crippen LogP contribution in [0.1, 0.15) is 30.3 Å². The van der Waals surface area contributed by atoms with Crippen molar-refractivity contribution in [2.24, 2.45) is 0 Å². The van der Waals surface area contributed by atoms with Gasteiger partial charge in [-0.25, -0.2) is 4.98 Å². The van der Waals surface area contributed by atoms with E-state index in [4.69, 9.17) is 9.26 Å². The lowest BCUT2D eigenvalue weighted by molar-refractivity contribution is -0.131. The zero-order valence-corrected chi connectivity index (χ0v) is 23.8. The number of fused-ring (bicyclic) bond motifs is 4. The summed E-state index contributed by atoms with van der Waals surface area (Å²) in [6, 6.07) is 17.2. The summed E-state index contributed by atoms with van der Waals surface area (Å²) in [5.74, 6) is -0.278. The topological polar surface area (TPSA) is 152 Å². The van der Waals surface area contributed by atoms with E-state index in [0.29, 0.717) is 37.4 Å². The van der Waals surface area contributed by atoms with E-state index in [1.807, 2.05) is 65.4 Å². The van der Waals surface area contributed by atoms with E-state index in [2.05, 4.69) is 20.8 Å². The Balaban J connectivity index is 1.37. The van der Waals surface area contributed by atoms with Crippen molar-refractivity contribution in [2.45, 2.75) is 38.5 Å². The number of amides is 3. The van der Waals surface area contributed by atoms with Gasteiger partial charge < -0.3 is 34.5 Å². The van der Waals surface area contributed by atoms with Crippen molar-refractivity contribution < 1.29 is 28.8 Å². The molecule has 1 aliphatic rings. The first kappa shape index (κ1) is 29.5. The summed E-state index contributed by atoms with van der Waals surface area (Å²) in [6.45, 7) is 2.39. The lowest BCUT2D eigenvalue weighted by Crippen LogP contribution is -2.54. The summed E-state index contributed by atoms with van der Waals surface area (Å²) in [4.78, 5) is 45.3. The highest BCUT2D eigenvalue weighted by Gasteiger charge is 2.28. The Morgan fingerprint density at radius 2 is 1.86 bits per heavy atom. The van der Waals surface area contributed by atoms with Gasteiger partial charge in [0.2, 0.25) is 17.6 Å². The molecule has 3 N–H and O–H groups in total. The van der Waals surface area contributed by atoms with Crippen molar-refractivity contribution in [1.29, 1.82) is 0 Å². The average Bonchev–Trinajstić information content (AvgIpc) is 3.70. The minimum absolute atomic E-state index is 0.0287. The molecule has 2 aromatic carbocycles. The molecule has 224 valence electrons. The van der Waals surface area contributed by atoms with E-state index in [0.717, 1.165) is 17.0 Å². The van der Waals surface area contributed by atoms with Crippen LogP contribution in [0.2, 0.25) is 0 Å². The lowest BCUT2D eigenvalue weighted by Gasteiger charge is -2.24. The number of nitrogens with one attached hydrogen (secondary N) is 2. The summed E-state index contributed by atoms with van der Waals surface area (Å²) in [5.41, 5.74) is 2.15. The molecule has 0 fully saturated rings. The molecule has 12 nitrogen and oxygen atoms in total. The Labute approximate surface area is 248 Å². The summed E-state index contributed by atoms with van der Waals surface area (Å²) >= 11 is 0. The van der Waals surface area contributed by atoms with Crippen molar-refractivity contribution in [3.05, 3.63) is 78.8 Å². The van der Waals surface area contributed by atoms with Crippen molar-refractivity contribution in [1.82, 2.24) is 30.2 Å². The molecule has 2 aromatic heterocycles. The van der Waals surface area contributed by atoms with Crippen LogP contribution in [0.5, 0.6) is 5.75 Å². The van der Waals surface area contributed by atoms with Gasteiger partial charge >= 0.3 is 0 Å². The predicted molar refractivity (Wildman–Crippen MR) is 157 cm³/mol. The van der Waals surface area contributed by atoms with E-state index < -0.39 is 29.9 Å². The third kappa shape index (κ3) is 7.46. The molecule has 3 heterocycles. The largest absolute Gasteiger partial charge is 0.494 e. The zero-order chi connectivity index (χ0) is 30.2. The maximum absolute atomic E-state index is 13.5. The molecule has 12 heteroatoms. The Morgan fingerprint density at radius 1 is 1.05 bits per heavy atom. The highest BCUT2D eigenvalue weighted by molar-refractivity contribution is 5.96. The van der Waals surface area contributed by atoms with Crippen molar-refractivity contribution >= 4 is 17.7 Å². The number of hydrogen-bond donors (Lipinski definition) is 3. The first-order chi connectivity index (χ1) is 20.9. The van der Waals surface area contributed by atoms with Crippen LogP contribution in [0, 0.1) is 0 Å². The normalized spacial score (nSPS) is 17.7. The van der Waals surface area contributed by atoms with Gasteiger partial charge in [0, 0.05) is 49.2 Å². The van der Waals surface area contributed by atoms with Crippen LogP contribution in [0.4, 0.5) is 0 Å². The fraction of sp³-hybridized carbons (Fsp3) is 0.323. The Hall–Kier alpha value is -4.97. The lowest BCUT2D eigenvalue weighted by atomic mass is 10.1. The number of hydrogen-bond acceptors (Lipinski definition) is 8. The highest BCUT2D eigenvalue weighted by Crippen LogP contribution is 2.23. The van der Waals surface area contributed by atoms with Crippen LogP contribution in [0.25, 0.3) is 22.6 Å². The molecule has 1 aliphatic heterocycles. The molecule has 0 radical (unpaired) electrons. The second-order valence-electron chi connectivity index (χ2n) is 10.3. The fourth-order valence-electron chi connectivity index (χ4n) is 4.82. The van der Waals surface area contributed by atoms with Gasteiger partial charge in [-0.05, 0) is 31.9 Å². The fourth-order valence-corrected chi connectivity index (χ4v) is 4.82. The molecule has 0 saturated carbocycles. The van der Waals surface area contributed by atoms with Gasteiger partial charge in [-0.1, -0.05) is 47.6 Å². The number of aryl methyl sites for hydroxylation is 1.